The molecule has 5 rings (SSSR count). The van der Waals surface area contributed by atoms with Gasteiger partial charge >= 0.3 is 0 Å². The van der Waals surface area contributed by atoms with Crippen molar-refractivity contribution in [1.29, 1.82) is 0 Å². The normalized spacial score (nSPS) is 12.8. The van der Waals surface area contributed by atoms with Crippen LogP contribution in [-0.4, -0.2) is 37.3 Å². The van der Waals surface area contributed by atoms with E-state index in [4.69, 9.17) is 15.7 Å². The largest absolute Gasteiger partial charge is 0.397 e. The second kappa shape index (κ2) is 8.62. The third kappa shape index (κ3) is 4.33. The molecule has 1 aliphatic rings. The first-order valence-electron chi connectivity index (χ1n) is 10.4. The van der Waals surface area contributed by atoms with Gasteiger partial charge in [0.15, 0.2) is 5.82 Å². The number of nitrogen functional groups attached to an aromatic ring is 1. The standard InChI is InChI=1S/C24H20FN7O/c25-17-3-5-19(6-4-17)29-23-20-14-32(24(33)16-10-18(26)13-28-12-16)9-7-21(20)30-22(31-23)15-2-1-8-27-11-15/h1-6,8,10-13H,7,9,14,26H2,(H,29,30,31). The first kappa shape index (κ1) is 20.5. The number of hydrogen-bond donors (Lipinski definition) is 2. The Morgan fingerprint density at radius 3 is 2.67 bits per heavy atom. The van der Waals surface area contributed by atoms with Crippen LogP contribution in [0.3, 0.4) is 0 Å². The van der Waals surface area contributed by atoms with Crippen LogP contribution in [0.4, 0.5) is 21.6 Å². The van der Waals surface area contributed by atoms with E-state index in [1.165, 1.54) is 24.5 Å². The Morgan fingerprint density at radius 1 is 1.06 bits per heavy atom. The van der Waals surface area contributed by atoms with E-state index >= 15 is 0 Å². The zero-order valence-electron chi connectivity index (χ0n) is 17.6. The second-order valence-electron chi connectivity index (χ2n) is 7.68. The third-order valence-corrected chi connectivity index (χ3v) is 5.38. The molecule has 0 spiro atoms. The summed E-state index contributed by atoms with van der Waals surface area (Å²) in [6, 6.07) is 11.4. The van der Waals surface area contributed by atoms with Gasteiger partial charge in [-0.2, -0.15) is 0 Å². The predicted octanol–water partition coefficient (Wildman–Crippen LogP) is 3.60. The third-order valence-electron chi connectivity index (χ3n) is 5.38. The molecule has 3 aromatic heterocycles. The zero-order chi connectivity index (χ0) is 22.8. The number of amides is 1. The highest BCUT2D eigenvalue weighted by atomic mass is 19.1. The minimum Gasteiger partial charge on any atom is -0.397 e. The summed E-state index contributed by atoms with van der Waals surface area (Å²) in [7, 11) is 0. The van der Waals surface area contributed by atoms with Crippen molar-refractivity contribution < 1.29 is 9.18 Å². The number of anilines is 3. The van der Waals surface area contributed by atoms with Gasteiger partial charge in [-0.15, -0.1) is 0 Å². The first-order chi connectivity index (χ1) is 16.1. The quantitative estimate of drug-likeness (QED) is 0.498. The highest BCUT2D eigenvalue weighted by molar-refractivity contribution is 5.95. The number of halogens is 1. The van der Waals surface area contributed by atoms with Crippen LogP contribution >= 0.6 is 0 Å². The van der Waals surface area contributed by atoms with Crippen LogP contribution in [0.2, 0.25) is 0 Å². The van der Waals surface area contributed by atoms with Crippen molar-refractivity contribution in [3.63, 3.8) is 0 Å². The molecule has 4 aromatic rings. The number of carbonyl (C=O) groups is 1. The number of nitrogens with one attached hydrogen (secondary N) is 1. The molecule has 0 fully saturated rings. The SMILES string of the molecule is Nc1cncc(C(=O)N2CCc3nc(-c4cccnc4)nc(Nc4ccc(F)cc4)c3C2)c1. The number of carbonyl (C=O) groups excluding carboxylic acids is 1. The number of hydrogen-bond acceptors (Lipinski definition) is 7. The number of rotatable bonds is 4. The molecule has 1 aromatic carbocycles. The molecule has 0 saturated carbocycles. The highest BCUT2D eigenvalue weighted by Crippen LogP contribution is 2.30. The monoisotopic (exact) mass is 441 g/mol. The van der Waals surface area contributed by atoms with Crippen molar-refractivity contribution in [1.82, 2.24) is 24.8 Å². The Balaban J connectivity index is 1.52. The summed E-state index contributed by atoms with van der Waals surface area (Å²) in [6.45, 7) is 0.819. The molecular formula is C24H20FN7O. The smallest absolute Gasteiger partial charge is 0.255 e. The summed E-state index contributed by atoms with van der Waals surface area (Å²) in [4.78, 5) is 32.5. The van der Waals surface area contributed by atoms with Gasteiger partial charge in [-0.25, -0.2) is 14.4 Å². The fourth-order valence-electron chi connectivity index (χ4n) is 3.74. The Bertz CT molecular complexity index is 1310. The van der Waals surface area contributed by atoms with Gasteiger partial charge in [0.05, 0.1) is 23.5 Å². The molecule has 1 amide bonds. The summed E-state index contributed by atoms with van der Waals surface area (Å²) in [5.74, 6) is 0.610. The van der Waals surface area contributed by atoms with Crippen LogP contribution in [0.5, 0.6) is 0 Å². The zero-order valence-corrected chi connectivity index (χ0v) is 17.6. The molecule has 3 N–H and O–H groups in total. The maximum atomic E-state index is 13.4. The molecule has 0 atom stereocenters. The summed E-state index contributed by atoms with van der Waals surface area (Å²) >= 11 is 0. The summed E-state index contributed by atoms with van der Waals surface area (Å²) in [6.07, 6.45) is 6.96. The van der Waals surface area contributed by atoms with Gasteiger partial charge in [-0.05, 0) is 42.5 Å². The van der Waals surface area contributed by atoms with Crippen LogP contribution in [-0.2, 0) is 13.0 Å². The average molecular weight is 441 g/mol. The van der Waals surface area contributed by atoms with E-state index in [1.54, 1.807) is 35.5 Å². The minimum atomic E-state index is -0.325. The lowest BCUT2D eigenvalue weighted by Crippen LogP contribution is -2.37. The molecule has 0 bridgehead atoms. The lowest BCUT2D eigenvalue weighted by Gasteiger charge is -2.30. The molecule has 0 saturated heterocycles. The van der Waals surface area contributed by atoms with Crippen molar-refractivity contribution in [2.24, 2.45) is 0 Å². The number of nitrogens with zero attached hydrogens (tertiary/aromatic N) is 5. The molecule has 0 unspecified atom stereocenters. The molecule has 0 radical (unpaired) electrons. The Morgan fingerprint density at radius 2 is 1.91 bits per heavy atom. The van der Waals surface area contributed by atoms with Crippen LogP contribution < -0.4 is 11.1 Å². The Kier molecular flexibility index (Phi) is 5.35. The number of benzene rings is 1. The summed E-state index contributed by atoms with van der Waals surface area (Å²) in [5.41, 5.74) is 9.78. The second-order valence-corrected chi connectivity index (χ2v) is 7.68. The van der Waals surface area contributed by atoms with Gasteiger partial charge in [0.25, 0.3) is 5.91 Å². The number of aromatic nitrogens is 4. The van der Waals surface area contributed by atoms with Crippen molar-refractivity contribution in [2.75, 3.05) is 17.6 Å². The average Bonchev–Trinajstić information content (AvgIpc) is 2.85. The van der Waals surface area contributed by atoms with Crippen LogP contribution in [0, 0.1) is 5.82 Å². The Labute approximate surface area is 189 Å². The van der Waals surface area contributed by atoms with Crippen LogP contribution in [0.1, 0.15) is 21.6 Å². The van der Waals surface area contributed by atoms with Gasteiger partial charge < -0.3 is 16.0 Å². The molecular weight excluding hydrogens is 421 g/mol. The van der Waals surface area contributed by atoms with Crippen molar-refractivity contribution in [3.05, 3.63) is 89.9 Å². The molecule has 1 aliphatic heterocycles. The summed E-state index contributed by atoms with van der Waals surface area (Å²) < 4.78 is 13.4. The van der Waals surface area contributed by atoms with Crippen molar-refractivity contribution in [3.8, 4) is 11.4 Å². The first-order valence-corrected chi connectivity index (χ1v) is 10.4. The van der Waals surface area contributed by atoms with E-state index < -0.39 is 0 Å². The maximum Gasteiger partial charge on any atom is 0.255 e. The van der Waals surface area contributed by atoms with Gasteiger partial charge in [0.2, 0.25) is 0 Å². The van der Waals surface area contributed by atoms with E-state index in [2.05, 4.69) is 15.3 Å². The lowest BCUT2D eigenvalue weighted by molar-refractivity contribution is 0.0733. The molecule has 0 aliphatic carbocycles. The fourth-order valence-corrected chi connectivity index (χ4v) is 3.74. The van der Waals surface area contributed by atoms with Gasteiger partial charge in [0.1, 0.15) is 11.6 Å². The fraction of sp³-hybridized carbons (Fsp3) is 0.125. The molecule has 33 heavy (non-hydrogen) atoms. The van der Waals surface area contributed by atoms with Crippen LogP contribution in [0.25, 0.3) is 11.4 Å². The van der Waals surface area contributed by atoms with E-state index in [-0.39, 0.29) is 11.7 Å². The number of nitrogens with two attached hydrogens (primary N) is 1. The van der Waals surface area contributed by atoms with E-state index in [0.717, 1.165) is 16.8 Å². The maximum absolute atomic E-state index is 13.4. The molecule has 9 heteroatoms. The van der Waals surface area contributed by atoms with E-state index in [9.17, 15) is 9.18 Å². The molecule has 8 nitrogen and oxygen atoms in total. The van der Waals surface area contributed by atoms with Crippen molar-refractivity contribution in [2.45, 2.75) is 13.0 Å². The van der Waals surface area contributed by atoms with Gasteiger partial charge in [-0.1, -0.05) is 0 Å². The summed E-state index contributed by atoms with van der Waals surface area (Å²) in [5, 5.41) is 3.27. The van der Waals surface area contributed by atoms with Crippen molar-refractivity contribution >= 4 is 23.1 Å². The lowest BCUT2D eigenvalue weighted by atomic mass is 10.0. The van der Waals surface area contributed by atoms with Gasteiger partial charge in [-0.3, -0.25) is 14.8 Å². The van der Waals surface area contributed by atoms with Gasteiger partial charge in [0, 0.05) is 54.6 Å². The number of pyridine rings is 2. The van der Waals surface area contributed by atoms with E-state index in [0.29, 0.717) is 48.1 Å². The highest BCUT2D eigenvalue weighted by Gasteiger charge is 2.27. The Hall–Kier alpha value is -4.40. The topological polar surface area (TPSA) is 110 Å². The number of fused-ring (bicyclic) bond motifs is 1. The van der Waals surface area contributed by atoms with Crippen LogP contribution in [0.15, 0.2) is 67.3 Å². The van der Waals surface area contributed by atoms with E-state index in [1.807, 2.05) is 12.1 Å². The molecule has 164 valence electrons. The molecule has 4 heterocycles. The predicted molar refractivity (Wildman–Crippen MR) is 122 cm³/mol. The minimum absolute atomic E-state index is 0.162.